The van der Waals surface area contributed by atoms with Crippen molar-refractivity contribution in [3.8, 4) is 17.9 Å². The molecule has 4 rings (SSSR count). The van der Waals surface area contributed by atoms with Crippen molar-refractivity contribution in [3.05, 3.63) is 99.7 Å². The van der Waals surface area contributed by atoms with E-state index in [9.17, 15) is 20.1 Å². The van der Waals surface area contributed by atoms with Crippen LogP contribution >= 0.6 is 15.9 Å². The van der Waals surface area contributed by atoms with Crippen molar-refractivity contribution >= 4 is 50.4 Å². The number of hydrogen-bond donors (Lipinski definition) is 1. The van der Waals surface area contributed by atoms with Gasteiger partial charge in [0.15, 0.2) is 0 Å². The Morgan fingerprint density at radius 3 is 2.56 bits per heavy atom. The van der Waals surface area contributed by atoms with E-state index < -0.39 is 17.9 Å². The Bertz CT molecular complexity index is 1660. The summed E-state index contributed by atoms with van der Waals surface area (Å²) in [7, 11) is 1.50. The van der Waals surface area contributed by atoms with Crippen LogP contribution in [0.2, 0.25) is 0 Å². The van der Waals surface area contributed by atoms with Gasteiger partial charge in [0.2, 0.25) is 5.91 Å². The number of allylic oxidation sites excluding steroid dienone is 1. The van der Waals surface area contributed by atoms with Gasteiger partial charge in [-0.15, -0.1) is 0 Å². The Kier molecular flexibility index (Phi) is 8.57. The molecule has 9 heteroatoms. The normalized spacial score (nSPS) is 11.9. The third-order valence-corrected chi connectivity index (χ3v) is 6.52. The second-order valence-corrected chi connectivity index (χ2v) is 9.53. The molecule has 1 atom stereocenters. The molecule has 0 saturated carbocycles. The molecule has 0 bridgehead atoms. The fourth-order valence-electron chi connectivity index (χ4n) is 4.07. The number of aromatic nitrogens is 1. The van der Waals surface area contributed by atoms with Crippen molar-refractivity contribution in [3.63, 3.8) is 0 Å². The van der Waals surface area contributed by atoms with E-state index in [1.54, 1.807) is 48.7 Å². The maximum absolute atomic E-state index is 13.3. The number of rotatable bonds is 8. The van der Waals surface area contributed by atoms with Gasteiger partial charge >= 0.3 is 5.97 Å². The summed E-state index contributed by atoms with van der Waals surface area (Å²) >= 11 is 3.45. The summed E-state index contributed by atoms with van der Waals surface area (Å²) < 4.78 is 12.8. The van der Waals surface area contributed by atoms with Gasteiger partial charge in [-0.2, -0.15) is 10.5 Å². The highest BCUT2D eigenvalue weighted by atomic mass is 79.9. The molecule has 1 heterocycles. The lowest BCUT2D eigenvalue weighted by atomic mass is 10.0. The van der Waals surface area contributed by atoms with Gasteiger partial charge in [0.1, 0.15) is 18.4 Å². The van der Waals surface area contributed by atoms with E-state index in [1.165, 1.54) is 11.7 Å². The monoisotopic (exact) mass is 582 g/mol. The zero-order valence-corrected chi connectivity index (χ0v) is 22.5. The molecule has 0 radical (unpaired) electrons. The number of halogens is 1. The van der Waals surface area contributed by atoms with Crippen LogP contribution in [0.15, 0.2) is 77.4 Å². The van der Waals surface area contributed by atoms with Crippen molar-refractivity contribution in [1.82, 2.24) is 4.57 Å². The van der Waals surface area contributed by atoms with E-state index in [0.29, 0.717) is 33.3 Å². The molecular weight excluding hydrogens is 560 g/mol. The summed E-state index contributed by atoms with van der Waals surface area (Å²) in [6.07, 6.45) is 2.87. The molecule has 39 heavy (non-hydrogen) atoms. The molecule has 3 aromatic carbocycles. The van der Waals surface area contributed by atoms with Crippen molar-refractivity contribution in [2.45, 2.75) is 19.1 Å². The Labute approximate surface area is 233 Å². The molecule has 1 aromatic heterocycles. The number of ether oxygens (including phenoxy) is 2. The summed E-state index contributed by atoms with van der Waals surface area (Å²) in [4.78, 5) is 25.8. The highest BCUT2D eigenvalue weighted by Gasteiger charge is 2.23. The predicted octanol–water partition coefficient (Wildman–Crippen LogP) is 5.45. The average molecular weight is 583 g/mol. The average Bonchev–Trinajstić information content (AvgIpc) is 3.33. The maximum Gasteiger partial charge on any atom is 0.323 e. The highest BCUT2D eigenvalue weighted by Crippen LogP contribution is 2.33. The van der Waals surface area contributed by atoms with Crippen LogP contribution in [0.3, 0.4) is 0 Å². The second-order valence-electron chi connectivity index (χ2n) is 8.61. The van der Waals surface area contributed by atoms with Crippen LogP contribution in [0, 0.1) is 22.7 Å². The van der Waals surface area contributed by atoms with Crippen molar-refractivity contribution in [2.75, 3.05) is 7.11 Å². The molecule has 0 amide bonds. The van der Waals surface area contributed by atoms with Gasteiger partial charge in [0.05, 0.1) is 42.3 Å². The molecule has 0 aliphatic carbocycles. The number of carbonyl (C=O) groups is 2. The van der Waals surface area contributed by atoms with Gasteiger partial charge in [-0.1, -0.05) is 46.3 Å². The number of nitrogens with zero attached hydrogens (tertiary/aromatic N) is 3. The highest BCUT2D eigenvalue weighted by molar-refractivity contribution is 9.10. The molecular formula is C30H23BrN4O4. The van der Waals surface area contributed by atoms with Gasteiger partial charge in [0.25, 0.3) is 0 Å². The summed E-state index contributed by atoms with van der Waals surface area (Å²) in [5, 5.41) is 20.0. The van der Waals surface area contributed by atoms with E-state index in [1.807, 2.05) is 30.3 Å². The number of esters is 1. The van der Waals surface area contributed by atoms with Crippen molar-refractivity contribution < 1.29 is 19.1 Å². The first-order valence-corrected chi connectivity index (χ1v) is 12.6. The molecule has 4 aromatic rings. The lowest BCUT2D eigenvalue weighted by Crippen LogP contribution is -2.35. The maximum atomic E-state index is 13.3. The van der Waals surface area contributed by atoms with Crippen LogP contribution in [-0.2, 0) is 16.1 Å². The van der Waals surface area contributed by atoms with Crippen LogP contribution in [0.5, 0.6) is 5.75 Å². The third-order valence-electron chi connectivity index (χ3n) is 6.03. The lowest BCUT2D eigenvalue weighted by Gasteiger charge is -2.12. The number of methoxy groups -OCH3 is 1. The summed E-state index contributed by atoms with van der Waals surface area (Å²) in [6.45, 7) is 0.0545. The lowest BCUT2D eigenvalue weighted by molar-refractivity contribution is -0.146. The molecule has 2 N–H and O–H groups in total. The first-order valence-electron chi connectivity index (χ1n) is 11.8. The SMILES string of the molecule is COc1ccc(C#N)cc1C=C(C#N)c1cn(C(=O)CC(N)C(=O)OCc2ccccc2)c2ccc(Br)cc12. The van der Waals surface area contributed by atoms with Crippen LogP contribution in [0.25, 0.3) is 22.6 Å². The zero-order valence-electron chi connectivity index (χ0n) is 20.9. The van der Waals surface area contributed by atoms with E-state index in [-0.39, 0.29) is 18.6 Å². The van der Waals surface area contributed by atoms with Gasteiger partial charge < -0.3 is 15.2 Å². The quantitative estimate of drug-likeness (QED) is 0.216. The molecule has 0 aliphatic heterocycles. The Hall–Kier alpha value is -4.70. The van der Waals surface area contributed by atoms with Gasteiger partial charge in [-0.3, -0.25) is 14.2 Å². The largest absolute Gasteiger partial charge is 0.496 e. The standard InChI is InChI=1S/C30H23BrN4O4/c1-38-28-10-7-20(15-32)11-21(28)12-22(16-33)25-17-35(27-9-8-23(31)13-24(25)27)29(36)14-26(34)30(37)39-18-19-5-3-2-4-6-19/h2-13,17,26H,14,18,34H2,1H3. The molecule has 8 nitrogen and oxygen atoms in total. The van der Waals surface area contributed by atoms with Crippen molar-refractivity contribution in [2.24, 2.45) is 5.73 Å². The van der Waals surface area contributed by atoms with Gasteiger partial charge in [-0.25, -0.2) is 0 Å². The summed E-state index contributed by atoms with van der Waals surface area (Å²) in [6, 6.07) is 22.5. The fourth-order valence-corrected chi connectivity index (χ4v) is 4.43. The number of fused-ring (bicyclic) bond motifs is 1. The molecule has 0 fully saturated rings. The molecule has 1 unspecified atom stereocenters. The number of nitriles is 2. The minimum atomic E-state index is -1.17. The third kappa shape index (κ3) is 6.24. The van der Waals surface area contributed by atoms with Gasteiger partial charge in [0, 0.05) is 27.2 Å². The smallest absolute Gasteiger partial charge is 0.323 e. The number of hydrogen-bond acceptors (Lipinski definition) is 7. The van der Waals surface area contributed by atoms with E-state index >= 15 is 0 Å². The Morgan fingerprint density at radius 2 is 1.87 bits per heavy atom. The number of carbonyl (C=O) groups excluding carboxylic acids is 2. The molecule has 0 aliphatic rings. The minimum absolute atomic E-state index is 0.0545. The zero-order chi connectivity index (χ0) is 27.9. The first kappa shape index (κ1) is 27.3. The van der Waals surface area contributed by atoms with E-state index in [4.69, 9.17) is 15.2 Å². The Morgan fingerprint density at radius 1 is 1.10 bits per heavy atom. The topological polar surface area (TPSA) is 131 Å². The predicted molar refractivity (Wildman–Crippen MR) is 150 cm³/mol. The number of nitrogens with two attached hydrogens (primary N) is 1. The van der Waals surface area contributed by atoms with E-state index in [2.05, 4.69) is 28.1 Å². The van der Waals surface area contributed by atoms with E-state index in [0.717, 1.165) is 10.0 Å². The Balaban J connectivity index is 1.65. The van der Waals surface area contributed by atoms with Crippen molar-refractivity contribution in [1.29, 1.82) is 10.5 Å². The number of benzene rings is 3. The summed E-state index contributed by atoms with van der Waals surface area (Å²) in [5.74, 6) is -0.629. The molecule has 0 saturated heterocycles. The fraction of sp³-hybridized carbons (Fsp3) is 0.133. The first-order chi connectivity index (χ1) is 18.8. The van der Waals surface area contributed by atoms with Crippen LogP contribution < -0.4 is 10.5 Å². The molecule has 0 spiro atoms. The van der Waals surface area contributed by atoms with Crippen LogP contribution in [0.1, 0.15) is 33.5 Å². The molecule has 194 valence electrons. The van der Waals surface area contributed by atoms with Crippen LogP contribution in [0.4, 0.5) is 0 Å². The van der Waals surface area contributed by atoms with Gasteiger partial charge in [-0.05, 0) is 48.0 Å². The van der Waals surface area contributed by atoms with Crippen LogP contribution in [-0.4, -0.2) is 29.6 Å². The second kappa shape index (κ2) is 12.2. The summed E-state index contributed by atoms with van der Waals surface area (Å²) in [5.41, 5.74) is 9.07. The minimum Gasteiger partial charge on any atom is -0.496 e.